The second-order valence-corrected chi connectivity index (χ2v) is 12.8. The lowest BCUT2D eigenvalue weighted by Gasteiger charge is -2.43. The molecule has 4 aromatic rings. The van der Waals surface area contributed by atoms with Crippen molar-refractivity contribution in [2.24, 2.45) is 11.8 Å². The number of aromatic nitrogens is 2. The van der Waals surface area contributed by atoms with E-state index in [9.17, 15) is 19.5 Å². The van der Waals surface area contributed by atoms with E-state index in [1.54, 1.807) is 11.1 Å². The third-order valence-electron chi connectivity index (χ3n) is 9.40. The first-order valence-corrected chi connectivity index (χ1v) is 15.9. The number of benzene rings is 2. The molecule has 0 spiro atoms. The first-order chi connectivity index (χ1) is 21.4. The van der Waals surface area contributed by atoms with Gasteiger partial charge in [0.1, 0.15) is 18.0 Å². The van der Waals surface area contributed by atoms with Crippen molar-refractivity contribution < 1.29 is 24.2 Å². The number of pyridine rings is 1. The van der Waals surface area contributed by atoms with Crippen molar-refractivity contribution in [2.75, 3.05) is 13.1 Å². The molecule has 4 heterocycles. The van der Waals surface area contributed by atoms with Gasteiger partial charge in [-0.05, 0) is 66.3 Å². The summed E-state index contributed by atoms with van der Waals surface area (Å²) in [6.07, 6.45) is 8.87. The van der Waals surface area contributed by atoms with Crippen LogP contribution < -0.4 is 4.74 Å². The lowest BCUT2D eigenvalue weighted by molar-refractivity contribution is -0.153. The van der Waals surface area contributed by atoms with Crippen molar-refractivity contribution in [3.63, 3.8) is 0 Å². The van der Waals surface area contributed by atoms with Gasteiger partial charge in [-0.3, -0.25) is 14.4 Å². The minimum Gasteiger partial charge on any atom is -0.489 e. The summed E-state index contributed by atoms with van der Waals surface area (Å²) in [7, 11) is 0. The zero-order valence-electron chi connectivity index (χ0n) is 24.2. The molecular formula is C34H33BrN4O5. The molecule has 1 saturated carbocycles. The Balaban J connectivity index is 1.25. The molecule has 1 N–H and O–H groups in total. The van der Waals surface area contributed by atoms with Crippen molar-refractivity contribution in [1.82, 2.24) is 19.2 Å². The highest BCUT2D eigenvalue weighted by Crippen LogP contribution is 2.44. The summed E-state index contributed by atoms with van der Waals surface area (Å²) in [5.41, 5.74) is 5.34. The number of aliphatic carboxylic acids is 1. The monoisotopic (exact) mass is 656 g/mol. The van der Waals surface area contributed by atoms with Crippen LogP contribution in [0.1, 0.15) is 64.3 Å². The van der Waals surface area contributed by atoms with E-state index in [-0.39, 0.29) is 18.4 Å². The lowest BCUT2D eigenvalue weighted by Crippen LogP contribution is -2.50. The van der Waals surface area contributed by atoms with Crippen LogP contribution in [-0.4, -0.2) is 55.2 Å². The molecule has 2 aliphatic heterocycles. The van der Waals surface area contributed by atoms with E-state index < -0.39 is 23.8 Å². The van der Waals surface area contributed by atoms with Crippen molar-refractivity contribution in [2.45, 2.75) is 51.3 Å². The van der Waals surface area contributed by atoms with Crippen molar-refractivity contribution in [3.8, 4) is 5.75 Å². The summed E-state index contributed by atoms with van der Waals surface area (Å²) in [6.45, 7) is 1.48. The van der Waals surface area contributed by atoms with E-state index >= 15 is 0 Å². The highest BCUT2D eigenvalue weighted by molar-refractivity contribution is 9.10. The van der Waals surface area contributed by atoms with Gasteiger partial charge in [-0.1, -0.05) is 47.0 Å². The number of hydrogen-bond donors (Lipinski definition) is 1. The topological polar surface area (TPSA) is 104 Å². The fourth-order valence-electron chi connectivity index (χ4n) is 7.17. The quantitative estimate of drug-likeness (QED) is 0.276. The van der Waals surface area contributed by atoms with Gasteiger partial charge in [0.15, 0.2) is 0 Å². The number of imidazole rings is 1. The van der Waals surface area contributed by atoms with Crippen LogP contribution in [0.15, 0.2) is 71.6 Å². The normalized spacial score (nSPS) is 21.3. The number of carboxylic acids is 1. The Hall–Kier alpha value is -4.18. The molecule has 2 aromatic heterocycles. The van der Waals surface area contributed by atoms with Gasteiger partial charge in [0, 0.05) is 53.8 Å². The largest absolute Gasteiger partial charge is 0.489 e. The third-order valence-corrected chi connectivity index (χ3v) is 10.1. The third kappa shape index (κ3) is 5.15. The second-order valence-electron chi connectivity index (χ2n) is 11.9. The fourth-order valence-corrected chi connectivity index (χ4v) is 7.71. The summed E-state index contributed by atoms with van der Waals surface area (Å²) in [6, 6.07) is 15.0. The van der Waals surface area contributed by atoms with Gasteiger partial charge in [-0.25, -0.2) is 4.98 Å². The smallest absolute Gasteiger partial charge is 0.307 e. The number of carbonyl (C=O) groups excluding carboxylic acids is 2. The molecular weight excluding hydrogens is 624 g/mol. The number of hydrogen-bond acceptors (Lipinski definition) is 5. The summed E-state index contributed by atoms with van der Waals surface area (Å²) in [5.74, 6) is -1.76. The van der Waals surface area contributed by atoms with Gasteiger partial charge in [-0.2, -0.15) is 0 Å². The highest BCUT2D eigenvalue weighted by atomic mass is 79.9. The summed E-state index contributed by atoms with van der Waals surface area (Å²) >= 11 is 3.74. The maximum atomic E-state index is 14.3. The average Bonchev–Trinajstić information content (AvgIpc) is 3.64. The zero-order chi connectivity index (χ0) is 30.4. The van der Waals surface area contributed by atoms with E-state index in [1.165, 1.54) is 0 Å². The number of halogens is 1. The molecule has 9 nitrogen and oxygen atoms in total. The number of fused-ring (bicyclic) bond motifs is 3. The molecule has 0 radical (unpaired) electrons. The molecule has 226 valence electrons. The molecule has 1 fully saturated rings. The van der Waals surface area contributed by atoms with Crippen LogP contribution in [0.25, 0.3) is 5.65 Å². The van der Waals surface area contributed by atoms with E-state index in [2.05, 4.69) is 20.9 Å². The predicted molar refractivity (Wildman–Crippen MR) is 166 cm³/mol. The van der Waals surface area contributed by atoms with Crippen LogP contribution in [0.4, 0.5) is 0 Å². The van der Waals surface area contributed by atoms with E-state index in [1.807, 2.05) is 70.2 Å². The summed E-state index contributed by atoms with van der Waals surface area (Å²) in [5, 5.41) is 10.00. The van der Waals surface area contributed by atoms with Crippen LogP contribution in [0.3, 0.4) is 0 Å². The van der Waals surface area contributed by atoms with E-state index in [0.717, 1.165) is 45.2 Å². The van der Waals surface area contributed by atoms with Gasteiger partial charge >= 0.3 is 5.97 Å². The zero-order valence-corrected chi connectivity index (χ0v) is 25.8. The number of amides is 2. The molecule has 0 saturated heterocycles. The van der Waals surface area contributed by atoms with Gasteiger partial charge in [0.2, 0.25) is 5.91 Å². The van der Waals surface area contributed by atoms with Crippen molar-refractivity contribution in [3.05, 3.63) is 99.4 Å². The number of rotatable bonds is 7. The molecule has 3 aliphatic rings. The van der Waals surface area contributed by atoms with Gasteiger partial charge in [-0.15, -0.1) is 0 Å². The molecule has 44 heavy (non-hydrogen) atoms. The predicted octanol–water partition coefficient (Wildman–Crippen LogP) is 5.65. The van der Waals surface area contributed by atoms with Gasteiger partial charge in [0.05, 0.1) is 17.9 Å². The Bertz CT molecular complexity index is 1770. The Morgan fingerprint density at radius 3 is 2.68 bits per heavy atom. The van der Waals surface area contributed by atoms with Gasteiger partial charge < -0.3 is 24.0 Å². The standard InChI is InChI=1S/C34H33BrN4O5/c35-27-9-10-29(44-20-21-11-14-37-16-13-36-30(37)17-21)31-26(27)12-15-39(33(41)24-7-3-4-8-25(24)34(42)43)28(31)19-38-18-22-5-1-2-6-23(22)32(38)40/h1-2,5-6,9-11,13-14,16-17,24-25,28H,3-4,7-8,12,15,18-20H2,(H,42,43)/t24-,25+,28-/m1/s1. The minimum atomic E-state index is -0.914. The molecule has 10 heteroatoms. The highest BCUT2D eigenvalue weighted by Gasteiger charge is 2.44. The summed E-state index contributed by atoms with van der Waals surface area (Å²) in [4.78, 5) is 48.1. The number of carbonyl (C=O) groups is 3. The number of ether oxygens (including phenoxy) is 1. The molecule has 1 aliphatic carbocycles. The maximum absolute atomic E-state index is 14.3. The minimum absolute atomic E-state index is 0.0633. The molecule has 2 aromatic carbocycles. The van der Waals surface area contributed by atoms with Crippen LogP contribution in [0.2, 0.25) is 0 Å². The Kier molecular flexibility index (Phi) is 7.62. The lowest BCUT2D eigenvalue weighted by atomic mass is 9.77. The average molecular weight is 658 g/mol. The first kappa shape index (κ1) is 28.6. The summed E-state index contributed by atoms with van der Waals surface area (Å²) < 4.78 is 9.35. The maximum Gasteiger partial charge on any atom is 0.307 e. The van der Waals surface area contributed by atoms with Crippen LogP contribution in [0, 0.1) is 11.8 Å². The number of nitrogens with zero attached hydrogens (tertiary/aromatic N) is 4. The molecule has 2 amide bonds. The van der Waals surface area contributed by atoms with Crippen LogP contribution >= 0.6 is 15.9 Å². The van der Waals surface area contributed by atoms with E-state index in [0.29, 0.717) is 50.3 Å². The van der Waals surface area contributed by atoms with Crippen molar-refractivity contribution >= 4 is 39.4 Å². The molecule has 3 atom stereocenters. The molecule has 0 unspecified atom stereocenters. The second kappa shape index (κ2) is 11.7. The Morgan fingerprint density at radius 2 is 1.86 bits per heavy atom. The van der Waals surface area contributed by atoms with Crippen molar-refractivity contribution in [1.29, 1.82) is 0 Å². The first-order valence-electron chi connectivity index (χ1n) is 15.1. The van der Waals surface area contributed by atoms with E-state index in [4.69, 9.17) is 4.74 Å². The fraction of sp³-hybridized carbons (Fsp3) is 0.353. The Labute approximate surface area is 263 Å². The Morgan fingerprint density at radius 1 is 1.05 bits per heavy atom. The molecule has 0 bridgehead atoms. The van der Waals surface area contributed by atoms with Crippen LogP contribution in [0.5, 0.6) is 5.75 Å². The number of carboxylic acid groups (broad SMARTS) is 1. The van der Waals surface area contributed by atoms with Crippen LogP contribution in [-0.2, 0) is 29.2 Å². The van der Waals surface area contributed by atoms with Gasteiger partial charge in [0.25, 0.3) is 5.91 Å². The molecule has 7 rings (SSSR count). The SMILES string of the molecule is O=C(O)[C@H]1CCCC[C@H]1C(=O)N1CCc2c(Br)ccc(OCc3ccn4ccnc4c3)c2[C@H]1CN1Cc2ccccc2C1=O.